The van der Waals surface area contributed by atoms with Crippen molar-refractivity contribution in [1.29, 1.82) is 5.41 Å². The van der Waals surface area contributed by atoms with Gasteiger partial charge in [0.25, 0.3) is 0 Å². The number of nitrogens with one attached hydrogen (secondary N) is 1. The molecule has 2 aliphatic rings. The zero-order valence-corrected chi connectivity index (χ0v) is 16.4. The van der Waals surface area contributed by atoms with E-state index in [1.54, 1.807) is 0 Å². The third kappa shape index (κ3) is 3.60. The highest BCUT2D eigenvalue weighted by Crippen LogP contribution is 2.27. The number of unbranched alkanes of at least 4 members (excludes halogenated alkanes) is 4. The number of fused-ring (bicyclic) bond motifs is 2. The van der Waals surface area contributed by atoms with Crippen LogP contribution in [0.25, 0.3) is 0 Å². The van der Waals surface area contributed by atoms with Crippen molar-refractivity contribution >= 4 is 24.0 Å². The Balaban J connectivity index is 0.00000176. The molecule has 0 fully saturated rings. The fourth-order valence-electron chi connectivity index (χ4n) is 4.24. The summed E-state index contributed by atoms with van der Waals surface area (Å²) in [4.78, 5) is 0. The van der Waals surface area contributed by atoms with Gasteiger partial charge in [-0.3, -0.25) is 0 Å². The molecule has 2 aliphatic carbocycles. The van der Waals surface area contributed by atoms with Crippen molar-refractivity contribution in [2.45, 2.75) is 90.5 Å². The lowest BCUT2D eigenvalue weighted by atomic mass is 9.92. The standard InChI is InChI=1S/C19H30N2.HI/c1-2-3-4-5-8-14-21-17-12-7-6-10-15(17)19(20)16-11-9-13-18(16)21;/h20H,2-14H2,1H3;1H. The molecule has 124 valence electrons. The molecule has 3 heteroatoms. The van der Waals surface area contributed by atoms with Gasteiger partial charge in [0.05, 0.1) is 5.36 Å². The number of aromatic nitrogens is 1. The first kappa shape index (κ1) is 18.0. The largest absolute Gasteiger partial charge is 0.348 e. The van der Waals surface area contributed by atoms with Gasteiger partial charge in [0.2, 0.25) is 0 Å². The van der Waals surface area contributed by atoms with Crippen molar-refractivity contribution < 1.29 is 0 Å². The van der Waals surface area contributed by atoms with Gasteiger partial charge in [0.15, 0.2) is 0 Å². The second-order valence-electron chi connectivity index (χ2n) is 6.85. The zero-order chi connectivity index (χ0) is 14.7. The van der Waals surface area contributed by atoms with Crippen molar-refractivity contribution in [2.75, 3.05) is 0 Å². The Morgan fingerprint density at radius 3 is 2.14 bits per heavy atom. The van der Waals surface area contributed by atoms with Gasteiger partial charge in [0.1, 0.15) is 0 Å². The molecule has 3 rings (SSSR count). The molecule has 1 aromatic heterocycles. The molecule has 22 heavy (non-hydrogen) atoms. The summed E-state index contributed by atoms with van der Waals surface area (Å²) in [5, 5.41) is 9.47. The number of pyridine rings is 1. The third-order valence-corrected chi connectivity index (χ3v) is 5.37. The number of halogens is 1. The van der Waals surface area contributed by atoms with Gasteiger partial charge >= 0.3 is 0 Å². The SMILES string of the molecule is CCCCCCCn1c2c(c(=N)c3c1CCC3)CCCC2.I. The maximum atomic E-state index is 8.56. The first-order valence-corrected chi connectivity index (χ1v) is 9.13. The van der Waals surface area contributed by atoms with E-state index < -0.39 is 0 Å². The molecule has 0 saturated heterocycles. The molecule has 1 heterocycles. The Labute approximate surface area is 152 Å². The van der Waals surface area contributed by atoms with E-state index in [-0.39, 0.29) is 24.0 Å². The van der Waals surface area contributed by atoms with E-state index in [1.807, 2.05) is 0 Å². The van der Waals surface area contributed by atoms with E-state index in [9.17, 15) is 0 Å². The quantitative estimate of drug-likeness (QED) is 0.506. The Bertz CT molecular complexity index is 560. The van der Waals surface area contributed by atoms with Gasteiger partial charge in [-0.1, -0.05) is 32.6 Å². The van der Waals surface area contributed by atoms with Crippen LogP contribution in [0, 0.1) is 5.41 Å². The molecule has 0 unspecified atom stereocenters. The minimum absolute atomic E-state index is 0. The highest BCUT2D eigenvalue weighted by Gasteiger charge is 2.23. The molecule has 0 saturated carbocycles. The molecule has 0 spiro atoms. The molecule has 2 nitrogen and oxygen atoms in total. The van der Waals surface area contributed by atoms with E-state index in [0.717, 1.165) is 18.2 Å². The fraction of sp³-hybridized carbons (Fsp3) is 0.737. The smallest absolute Gasteiger partial charge is 0.0638 e. The van der Waals surface area contributed by atoms with Crippen molar-refractivity contribution in [2.24, 2.45) is 0 Å². The zero-order valence-electron chi connectivity index (χ0n) is 14.0. The van der Waals surface area contributed by atoms with Crippen LogP contribution in [0.15, 0.2) is 0 Å². The Kier molecular flexibility index (Phi) is 6.97. The molecule has 0 radical (unpaired) electrons. The van der Waals surface area contributed by atoms with Gasteiger partial charge in [0, 0.05) is 17.9 Å². The summed E-state index contributed by atoms with van der Waals surface area (Å²) in [5.74, 6) is 0. The number of nitrogens with zero attached hydrogens (tertiary/aromatic N) is 1. The van der Waals surface area contributed by atoms with Crippen LogP contribution in [0.4, 0.5) is 0 Å². The predicted molar refractivity (Wildman–Crippen MR) is 103 cm³/mol. The monoisotopic (exact) mass is 414 g/mol. The first-order chi connectivity index (χ1) is 10.3. The van der Waals surface area contributed by atoms with E-state index in [1.165, 1.54) is 93.3 Å². The van der Waals surface area contributed by atoms with Crippen LogP contribution in [0.2, 0.25) is 0 Å². The van der Waals surface area contributed by atoms with Crippen LogP contribution in [-0.4, -0.2) is 4.57 Å². The highest BCUT2D eigenvalue weighted by atomic mass is 127. The molecule has 0 bridgehead atoms. The average molecular weight is 414 g/mol. The Morgan fingerprint density at radius 2 is 1.41 bits per heavy atom. The van der Waals surface area contributed by atoms with Crippen molar-refractivity contribution in [3.8, 4) is 0 Å². The minimum atomic E-state index is 0. The summed E-state index contributed by atoms with van der Waals surface area (Å²) in [5.41, 5.74) is 5.85. The van der Waals surface area contributed by atoms with E-state index in [0.29, 0.717) is 0 Å². The molecule has 1 N–H and O–H groups in total. The summed E-state index contributed by atoms with van der Waals surface area (Å²) in [6.07, 6.45) is 15.4. The predicted octanol–water partition coefficient (Wildman–Crippen LogP) is 4.92. The normalized spacial score (nSPS) is 16.0. The van der Waals surface area contributed by atoms with Crippen molar-refractivity contribution in [3.05, 3.63) is 27.9 Å². The van der Waals surface area contributed by atoms with Gasteiger partial charge < -0.3 is 9.98 Å². The molecular formula is C19H31IN2. The van der Waals surface area contributed by atoms with Crippen LogP contribution in [0.1, 0.15) is 80.8 Å². The summed E-state index contributed by atoms with van der Waals surface area (Å²) in [6, 6.07) is 0. The summed E-state index contributed by atoms with van der Waals surface area (Å²) in [7, 11) is 0. The van der Waals surface area contributed by atoms with Gasteiger partial charge in [-0.05, 0) is 62.5 Å². The topological polar surface area (TPSA) is 28.8 Å². The Morgan fingerprint density at radius 1 is 0.818 bits per heavy atom. The number of hydrogen-bond donors (Lipinski definition) is 1. The van der Waals surface area contributed by atoms with Crippen LogP contribution in [0.5, 0.6) is 0 Å². The Hall–Kier alpha value is -0.320. The summed E-state index contributed by atoms with van der Waals surface area (Å²) >= 11 is 0. The van der Waals surface area contributed by atoms with Gasteiger partial charge in [-0.15, -0.1) is 24.0 Å². The van der Waals surface area contributed by atoms with Crippen molar-refractivity contribution in [1.82, 2.24) is 4.57 Å². The van der Waals surface area contributed by atoms with E-state index in [4.69, 9.17) is 5.41 Å². The molecule has 0 aliphatic heterocycles. The highest BCUT2D eigenvalue weighted by molar-refractivity contribution is 14.0. The van der Waals surface area contributed by atoms with Gasteiger partial charge in [-0.2, -0.15) is 0 Å². The maximum Gasteiger partial charge on any atom is 0.0638 e. The lowest BCUT2D eigenvalue weighted by Crippen LogP contribution is -2.27. The molecular weight excluding hydrogens is 383 g/mol. The molecule has 1 aromatic rings. The number of hydrogen-bond acceptors (Lipinski definition) is 1. The maximum absolute atomic E-state index is 8.56. The van der Waals surface area contributed by atoms with Crippen molar-refractivity contribution in [3.63, 3.8) is 0 Å². The van der Waals surface area contributed by atoms with Crippen LogP contribution < -0.4 is 5.36 Å². The average Bonchev–Trinajstić information content (AvgIpc) is 3.00. The second kappa shape index (κ2) is 8.51. The minimum Gasteiger partial charge on any atom is -0.348 e. The molecule has 0 amide bonds. The first-order valence-electron chi connectivity index (χ1n) is 9.13. The fourth-order valence-corrected chi connectivity index (χ4v) is 4.24. The lowest BCUT2D eigenvalue weighted by molar-refractivity contribution is 0.517. The van der Waals surface area contributed by atoms with Crippen LogP contribution in [-0.2, 0) is 32.2 Å². The van der Waals surface area contributed by atoms with E-state index in [2.05, 4.69) is 11.5 Å². The second-order valence-corrected chi connectivity index (χ2v) is 6.85. The van der Waals surface area contributed by atoms with Crippen LogP contribution in [0.3, 0.4) is 0 Å². The lowest BCUT2D eigenvalue weighted by Gasteiger charge is -2.26. The summed E-state index contributed by atoms with van der Waals surface area (Å²) in [6.45, 7) is 3.49. The van der Waals surface area contributed by atoms with Crippen LogP contribution >= 0.6 is 24.0 Å². The molecule has 0 atom stereocenters. The number of rotatable bonds is 6. The van der Waals surface area contributed by atoms with E-state index >= 15 is 0 Å². The summed E-state index contributed by atoms with van der Waals surface area (Å²) < 4.78 is 2.65. The molecule has 0 aromatic carbocycles. The van der Waals surface area contributed by atoms with Gasteiger partial charge in [-0.25, -0.2) is 0 Å². The third-order valence-electron chi connectivity index (χ3n) is 5.37.